The second-order valence-corrected chi connectivity index (χ2v) is 3.66. The summed E-state index contributed by atoms with van der Waals surface area (Å²) in [5, 5.41) is 1.22. The Morgan fingerprint density at radius 2 is 2.13 bits per heavy atom. The normalized spacial score (nSPS) is 11.0. The van der Waals surface area contributed by atoms with Crippen molar-refractivity contribution in [2.45, 2.75) is 6.92 Å². The van der Waals surface area contributed by atoms with Crippen LogP contribution in [0.5, 0.6) is 0 Å². The summed E-state index contributed by atoms with van der Waals surface area (Å²) in [5.74, 6) is 0.944. The molecule has 0 spiro atoms. The summed E-state index contributed by atoms with van der Waals surface area (Å²) in [6.07, 6.45) is 3.82. The van der Waals surface area contributed by atoms with Gasteiger partial charge in [0.05, 0.1) is 11.9 Å². The predicted molar refractivity (Wildman–Crippen MR) is 60.6 cm³/mol. The Hall–Kier alpha value is -2.03. The number of hydrogen-bond acceptors (Lipinski definition) is 1. The van der Waals surface area contributed by atoms with Gasteiger partial charge in [0.2, 0.25) is 0 Å². The van der Waals surface area contributed by atoms with E-state index < -0.39 is 0 Å². The molecule has 0 radical (unpaired) electrons. The molecule has 3 heteroatoms. The third-order valence-electron chi connectivity index (χ3n) is 2.57. The van der Waals surface area contributed by atoms with Crippen LogP contribution in [0.25, 0.3) is 22.2 Å². The van der Waals surface area contributed by atoms with Gasteiger partial charge in [-0.05, 0) is 25.1 Å². The molecule has 0 bridgehead atoms. The molecule has 0 aliphatic heterocycles. The number of nitrogens with zero attached hydrogens (tertiary/aromatic N) is 1. The van der Waals surface area contributed by atoms with Crippen molar-refractivity contribution >= 4 is 10.9 Å². The molecule has 0 aliphatic rings. The molecule has 2 N–H and O–H groups in total. The Labute approximate surface area is 87.2 Å². The Balaban J connectivity index is 2.18. The minimum Gasteiger partial charge on any atom is -0.361 e. The lowest BCUT2D eigenvalue weighted by Gasteiger charge is -1.97. The lowest BCUT2D eigenvalue weighted by molar-refractivity contribution is 1.15. The van der Waals surface area contributed by atoms with Gasteiger partial charge in [0.25, 0.3) is 0 Å². The van der Waals surface area contributed by atoms with Crippen molar-refractivity contribution in [3.8, 4) is 11.3 Å². The van der Waals surface area contributed by atoms with Crippen molar-refractivity contribution in [1.29, 1.82) is 0 Å². The van der Waals surface area contributed by atoms with E-state index in [1.165, 1.54) is 10.9 Å². The zero-order valence-electron chi connectivity index (χ0n) is 8.41. The topological polar surface area (TPSA) is 44.5 Å². The fourth-order valence-corrected chi connectivity index (χ4v) is 1.79. The summed E-state index contributed by atoms with van der Waals surface area (Å²) in [4.78, 5) is 10.6. The summed E-state index contributed by atoms with van der Waals surface area (Å²) >= 11 is 0. The number of nitrogens with one attached hydrogen (secondary N) is 2. The third-order valence-corrected chi connectivity index (χ3v) is 2.57. The highest BCUT2D eigenvalue weighted by Gasteiger charge is 2.02. The summed E-state index contributed by atoms with van der Waals surface area (Å²) in [6, 6.07) is 8.40. The average Bonchev–Trinajstić information content (AvgIpc) is 2.84. The minimum atomic E-state index is 0.944. The fourth-order valence-electron chi connectivity index (χ4n) is 1.79. The second-order valence-electron chi connectivity index (χ2n) is 3.66. The van der Waals surface area contributed by atoms with Gasteiger partial charge in [-0.15, -0.1) is 0 Å². The van der Waals surface area contributed by atoms with Crippen LogP contribution in [0.4, 0.5) is 0 Å². The SMILES string of the molecule is Cc1ncc(-c2ccc3[nH]ccc3c2)[nH]1. The van der Waals surface area contributed by atoms with Crippen LogP contribution in [-0.4, -0.2) is 15.0 Å². The van der Waals surface area contributed by atoms with E-state index in [1.807, 2.05) is 19.3 Å². The van der Waals surface area contributed by atoms with Crippen LogP contribution in [0.2, 0.25) is 0 Å². The van der Waals surface area contributed by atoms with E-state index in [-0.39, 0.29) is 0 Å². The van der Waals surface area contributed by atoms with Crippen LogP contribution >= 0.6 is 0 Å². The fraction of sp³-hybridized carbons (Fsp3) is 0.0833. The van der Waals surface area contributed by atoms with Gasteiger partial charge in [0, 0.05) is 22.7 Å². The quantitative estimate of drug-likeness (QED) is 0.619. The number of rotatable bonds is 1. The van der Waals surface area contributed by atoms with Gasteiger partial charge in [-0.25, -0.2) is 4.98 Å². The molecule has 2 aromatic heterocycles. The van der Waals surface area contributed by atoms with Crippen molar-refractivity contribution in [2.24, 2.45) is 0 Å². The van der Waals surface area contributed by atoms with Crippen molar-refractivity contribution in [3.05, 3.63) is 42.5 Å². The maximum Gasteiger partial charge on any atom is 0.103 e. The van der Waals surface area contributed by atoms with E-state index in [4.69, 9.17) is 0 Å². The summed E-state index contributed by atoms with van der Waals surface area (Å²) in [6.45, 7) is 1.96. The maximum atomic E-state index is 4.20. The Morgan fingerprint density at radius 3 is 2.93 bits per heavy atom. The Morgan fingerprint density at radius 1 is 1.20 bits per heavy atom. The van der Waals surface area contributed by atoms with Crippen molar-refractivity contribution in [3.63, 3.8) is 0 Å². The molecule has 0 amide bonds. The molecule has 1 aromatic carbocycles. The highest BCUT2D eigenvalue weighted by atomic mass is 14.9. The molecule has 0 saturated heterocycles. The highest BCUT2D eigenvalue weighted by molar-refractivity contribution is 5.84. The number of fused-ring (bicyclic) bond motifs is 1. The molecule has 2 heterocycles. The minimum absolute atomic E-state index is 0.944. The largest absolute Gasteiger partial charge is 0.361 e. The van der Waals surface area contributed by atoms with Crippen LogP contribution in [-0.2, 0) is 0 Å². The van der Waals surface area contributed by atoms with E-state index >= 15 is 0 Å². The van der Waals surface area contributed by atoms with E-state index in [9.17, 15) is 0 Å². The lowest BCUT2D eigenvalue weighted by Crippen LogP contribution is -1.78. The van der Waals surface area contributed by atoms with Gasteiger partial charge >= 0.3 is 0 Å². The second kappa shape index (κ2) is 2.98. The summed E-state index contributed by atoms with van der Waals surface area (Å²) in [7, 11) is 0. The van der Waals surface area contributed by atoms with E-state index in [0.717, 1.165) is 17.0 Å². The zero-order valence-corrected chi connectivity index (χ0v) is 8.41. The van der Waals surface area contributed by atoms with E-state index in [1.54, 1.807) is 0 Å². The van der Waals surface area contributed by atoms with Crippen molar-refractivity contribution < 1.29 is 0 Å². The zero-order chi connectivity index (χ0) is 10.3. The number of hydrogen-bond donors (Lipinski definition) is 2. The van der Waals surface area contributed by atoms with Gasteiger partial charge in [0.1, 0.15) is 5.82 Å². The van der Waals surface area contributed by atoms with E-state index in [0.29, 0.717) is 0 Å². The molecule has 3 rings (SSSR count). The van der Waals surface area contributed by atoms with Crippen molar-refractivity contribution in [1.82, 2.24) is 15.0 Å². The number of aromatic nitrogens is 3. The van der Waals surface area contributed by atoms with Crippen LogP contribution in [0.15, 0.2) is 36.7 Å². The standard InChI is InChI=1S/C12H11N3/c1-8-14-7-12(15-8)9-2-3-11-10(6-9)4-5-13-11/h2-7,13H,1H3,(H,14,15). The molecule has 0 unspecified atom stereocenters. The van der Waals surface area contributed by atoms with Gasteiger partial charge < -0.3 is 9.97 Å². The first kappa shape index (κ1) is 8.29. The molecule has 15 heavy (non-hydrogen) atoms. The molecular weight excluding hydrogens is 186 g/mol. The third kappa shape index (κ3) is 1.32. The molecule has 3 nitrogen and oxygen atoms in total. The van der Waals surface area contributed by atoms with Crippen LogP contribution < -0.4 is 0 Å². The first-order chi connectivity index (χ1) is 7.33. The highest BCUT2D eigenvalue weighted by Crippen LogP contribution is 2.22. The van der Waals surface area contributed by atoms with Crippen LogP contribution in [0.3, 0.4) is 0 Å². The molecule has 3 aromatic rings. The van der Waals surface area contributed by atoms with Crippen molar-refractivity contribution in [2.75, 3.05) is 0 Å². The number of imidazole rings is 1. The van der Waals surface area contributed by atoms with Gasteiger partial charge in [-0.2, -0.15) is 0 Å². The summed E-state index contributed by atoms with van der Waals surface area (Å²) < 4.78 is 0. The van der Waals surface area contributed by atoms with Crippen LogP contribution in [0, 0.1) is 6.92 Å². The molecular formula is C12H11N3. The number of aryl methyl sites for hydroxylation is 1. The predicted octanol–water partition coefficient (Wildman–Crippen LogP) is 2.87. The number of H-pyrrole nitrogens is 2. The molecule has 0 fully saturated rings. The molecule has 0 aliphatic carbocycles. The maximum absolute atomic E-state index is 4.20. The first-order valence-corrected chi connectivity index (χ1v) is 4.92. The van der Waals surface area contributed by atoms with Gasteiger partial charge in [0.15, 0.2) is 0 Å². The summed E-state index contributed by atoms with van der Waals surface area (Å²) in [5.41, 5.74) is 3.40. The van der Waals surface area contributed by atoms with Gasteiger partial charge in [-0.3, -0.25) is 0 Å². The molecule has 0 atom stereocenters. The monoisotopic (exact) mass is 197 g/mol. The Kier molecular flexibility index (Phi) is 1.65. The first-order valence-electron chi connectivity index (χ1n) is 4.92. The lowest BCUT2D eigenvalue weighted by atomic mass is 10.1. The van der Waals surface area contributed by atoms with Gasteiger partial charge in [-0.1, -0.05) is 6.07 Å². The van der Waals surface area contributed by atoms with Crippen LogP contribution in [0.1, 0.15) is 5.82 Å². The molecule has 74 valence electrons. The Bertz CT molecular complexity index is 604. The molecule has 0 saturated carbocycles. The number of aromatic amines is 2. The number of benzene rings is 1. The smallest absolute Gasteiger partial charge is 0.103 e. The van der Waals surface area contributed by atoms with E-state index in [2.05, 4.69) is 39.2 Å². The average molecular weight is 197 g/mol.